The quantitative estimate of drug-likeness (QED) is 0.865. The Morgan fingerprint density at radius 2 is 1.67 bits per heavy atom. The fourth-order valence-electron chi connectivity index (χ4n) is 2.28. The molecule has 2 N–H and O–H groups in total. The minimum absolute atomic E-state index is 0.293. The van der Waals surface area contributed by atoms with Gasteiger partial charge in [-0.05, 0) is 40.3 Å². The predicted octanol–water partition coefficient (Wildman–Crippen LogP) is 4.15. The van der Waals surface area contributed by atoms with E-state index >= 15 is 0 Å². The number of benzene rings is 2. The molecule has 2 heteroatoms. The molecule has 2 unspecified atom stereocenters. The van der Waals surface area contributed by atoms with Crippen molar-refractivity contribution in [3.05, 3.63) is 48.0 Å². The Kier molecular flexibility index (Phi) is 5.02. The summed E-state index contributed by atoms with van der Waals surface area (Å²) in [7, 11) is 0. The molecule has 0 aliphatic carbocycles. The first kappa shape index (κ1) is 16.0. The third kappa shape index (κ3) is 4.29. The van der Waals surface area contributed by atoms with Gasteiger partial charge in [0.15, 0.2) is 0 Å². The predicted molar refractivity (Wildman–Crippen MR) is 90.4 cm³/mol. The normalized spacial score (nSPS) is 15.1. The summed E-state index contributed by atoms with van der Waals surface area (Å²) in [5.41, 5.74) is 1.27. The van der Waals surface area contributed by atoms with Gasteiger partial charge < -0.3 is 10.4 Å². The smallest absolute Gasteiger partial charge is 0.0914 e. The van der Waals surface area contributed by atoms with Gasteiger partial charge in [-0.2, -0.15) is 0 Å². The van der Waals surface area contributed by atoms with Crippen LogP contribution < -0.4 is 5.32 Å². The van der Waals surface area contributed by atoms with E-state index in [9.17, 15) is 5.11 Å². The minimum atomic E-state index is -0.457. The summed E-state index contributed by atoms with van der Waals surface area (Å²) in [5.74, 6) is 0.571. The van der Waals surface area contributed by atoms with Crippen molar-refractivity contribution in [1.29, 1.82) is 0 Å². The molecule has 0 spiro atoms. The zero-order valence-corrected chi connectivity index (χ0v) is 13.6. The molecule has 2 aromatic rings. The van der Waals surface area contributed by atoms with Crippen LogP contribution >= 0.6 is 0 Å². The Morgan fingerprint density at radius 3 is 2.33 bits per heavy atom. The lowest BCUT2D eigenvalue weighted by atomic mass is 9.82. The molecule has 114 valence electrons. The van der Waals surface area contributed by atoms with Crippen LogP contribution in [-0.2, 0) is 0 Å². The van der Waals surface area contributed by atoms with Gasteiger partial charge in [-0.25, -0.2) is 0 Å². The Labute approximate surface area is 128 Å². The van der Waals surface area contributed by atoms with Crippen molar-refractivity contribution in [2.45, 2.75) is 33.8 Å². The monoisotopic (exact) mass is 285 g/mol. The first-order valence-electron chi connectivity index (χ1n) is 7.75. The third-order valence-electron chi connectivity index (χ3n) is 4.42. The molecule has 2 nitrogen and oxygen atoms in total. The van der Waals surface area contributed by atoms with Crippen molar-refractivity contribution in [3.8, 4) is 0 Å². The molecule has 0 heterocycles. The fraction of sp³-hybridized carbons (Fsp3) is 0.474. The number of fused-ring (bicyclic) bond motifs is 1. The Morgan fingerprint density at radius 1 is 1.00 bits per heavy atom. The summed E-state index contributed by atoms with van der Waals surface area (Å²) >= 11 is 0. The molecule has 2 atom stereocenters. The molecule has 0 saturated heterocycles. The van der Waals surface area contributed by atoms with Gasteiger partial charge in [0.2, 0.25) is 0 Å². The molecular formula is C19H27NO. The highest BCUT2D eigenvalue weighted by Gasteiger charge is 2.19. The van der Waals surface area contributed by atoms with E-state index in [0.717, 1.165) is 12.1 Å². The van der Waals surface area contributed by atoms with Gasteiger partial charge in [-0.1, -0.05) is 64.1 Å². The van der Waals surface area contributed by atoms with E-state index < -0.39 is 6.10 Å². The second-order valence-electron chi connectivity index (χ2n) is 7.05. The van der Waals surface area contributed by atoms with Crippen LogP contribution in [0.3, 0.4) is 0 Å². The molecule has 0 aromatic heterocycles. The molecule has 0 aliphatic heterocycles. The number of hydrogen-bond donors (Lipinski definition) is 2. The van der Waals surface area contributed by atoms with Gasteiger partial charge >= 0.3 is 0 Å². The van der Waals surface area contributed by atoms with Crippen LogP contribution in [0.25, 0.3) is 10.8 Å². The summed E-state index contributed by atoms with van der Waals surface area (Å²) in [6.07, 6.45) is -0.457. The zero-order valence-electron chi connectivity index (χ0n) is 13.6. The highest BCUT2D eigenvalue weighted by atomic mass is 16.3. The summed E-state index contributed by atoms with van der Waals surface area (Å²) in [6.45, 7) is 10.5. The van der Waals surface area contributed by atoms with Gasteiger partial charge in [0.25, 0.3) is 0 Å². The molecule has 21 heavy (non-hydrogen) atoms. The minimum Gasteiger partial charge on any atom is -0.387 e. The zero-order chi connectivity index (χ0) is 15.5. The first-order valence-corrected chi connectivity index (χ1v) is 7.75. The van der Waals surface area contributed by atoms with E-state index in [4.69, 9.17) is 0 Å². The van der Waals surface area contributed by atoms with Gasteiger partial charge in [0.05, 0.1) is 6.10 Å². The van der Waals surface area contributed by atoms with E-state index in [2.05, 4.69) is 57.3 Å². The second-order valence-corrected chi connectivity index (χ2v) is 7.05. The van der Waals surface area contributed by atoms with Crippen LogP contribution in [0.1, 0.15) is 39.4 Å². The summed E-state index contributed by atoms with van der Waals surface area (Å²) in [4.78, 5) is 0. The van der Waals surface area contributed by atoms with Crippen molar-refractivity contribution in [2.24, 2.45) is 11.3 Å². The van der Waals surface area contributed by atoms with Crippen LogP contribution in [0.5, 0.6) is 0 Å². The van der Waals surface area contributed by atoms with Crippen LogP contribution in [0, 0.1) is 11.3 Å². The fourth-order valence-corrected chi connectivity index (χ4v) is 2.28. The second kappa shape index (κ2) is 6.59. The van der Waals surface area contributed by atoms with E-state index in [1.807, 2.05) is 18.2 Å². The van der Waals surface area contributed by atoms with Crippen LogP contribution in [0.15, 0.2) is 42.5 Å². The number of aliphatic hydroxyl groups is 1. The number of hydrogen-bond acceptors (Lipinski definition) is 2. The first-order chi connectivity index (χ1) is 9.88. The highest BCUT2D eigenvalue weighted by Crippen LogP contribution is 2.25. The third-order valence-corrected chi connectivity index (χ3v) is 4.42. The van der Waals surface area contributed by atoms with Crippen molar-refractivity contribution < 1.29 is 5.11 Å². The molecule has 0 bridgehead atoms. The maximum atomic E-state index is 10.3. The van der Waals surface area contributed by atoms with E-state index in [0.29, 0.717) is 17.9 Å². The Bertz CT molecular complexity index is 585. The lowest BCUT2D eigenvalue weighted by Crippen LogP contribution is -2.32. The molecule has 0 aliphatic rings. The van der Waals surface area contributed by atoms with Crippen LogP contribution in [-0.4, -0.2) is 18.2 Å². The lowest BCUT2D eigenvalue weighted by molar-refractivity contribution is 0.166. The average Bonchev–Trinajstić information content (AvgIpc) is 2.45. The molecule has 2 rings (SSSR count). The van der Waals surface area contributed by atoms with Crippen LogP contribution in [0.4, 0.5) is 0 Å². The molecule has 0 amide bonds. The Balaban J connectivity index is 1.94. The summed E-state index contributed by atoms with van der Waals surface area (Å²) in [6, 6.07) is 14.4. The van der Waals surface area contributed by atoms with Crippen molar-refractivity contribution in [1.82, 2.24) is 5.32 Å². The largest absolute Gasteiger partial charge is 0.387 e. The highest BCUT2D eigenvalue weighted by molar-refractivity contribution is 5.83. The number of rotatable bonds is 5. The van der Waals surface area contributed by atoms with Crippen molar-refractivity contribution >= 4 is 10.8 Å². The van der Waals surface area contributed by atoms with Crippen molar-refractivity contribution in [2.75, 3.05) is 13.1 Å². The lowest BCUT2D eigenvalue weighted by Gasteiger charge is -2.28. The average molecular weight is 285 g/mol. The van der Waals surface area contributed by atoms with E-state index in [1.54, 1.807) is 0 Å². The summed E-state index contributed by atoms with van der Waals surface area (Å²) < 4.78 is 0. The molecule has 0 radical (unpaired) electrons. The molecule has 2 aromatic carbocycles. The molecule has 0 saturated carbocycles. The standard InChI is InChI=1S/C19H27NO/c1-14(19(2,3)4)12-20-13-18(21)17-10-9-15-7-5-6-8-16(15)11-17/h5-11,14,18,20-21H,12-13H2,1-4H3. The Hall–Kier alpha value is -1.38. The van der Waals surface area contributed by atoms with E-state index in [1.165, 1.54) is 10.8 Å². The number of nitrogens with one attached hydrogen (secondary N) is 1. The SMILES string of the molecule is CC(CNCC(O)c1ccc2ccccc2c1)C(C)(C)C. The topological polar surface area (TPSA) is 32.3 Å². The van der Waals surface area contributed by atoms with Gasteiger partial charge in [0.1, 0.15) is 0 Å². The molecule has 0 fully saturated rings. The van der Waals surface area contributed by atoms with Gasteiger partial charge in [-0.3, -0.25) is 0 Å². The van der Waals surface area contributed by atoms with Crippen LogP contribution in [0.2, 0.25) is 0 Å². The van der Waals surface area contributed by atoms with E-state index in [-0.39, 0.29) is 0 Å². The number of aliphatic hydroxyl groups excluding tert-OH is 1. The molecular weight excluding hydrogens is 258 g/mol. The van der Waals surface area contributed by atoms with Crippen molar-refractivity contribution in [3.63, 3.8) is 0 Å². The summed E-state index contributed by atoms with van der Waals surface area (Å²) in [5, 5.41) is 16.1. The van der Waals surface area contributed by atoms with Gasteiger partial charge in [-0.15, -0.1) is 0 Å². The maximum absolute atomic E-state index is 10.3. The maximum Gasteiger partial charge on any atom is 0.0914 e. The van der Waals surface area contributed by atoms with Gasteiger partial charge in [0, 0.05) is 6.54 Å².